The zero-order valence-electron chi connectivity index (χ0n) is 14.1. The van der Waals surface area contributed by atoms with Crippen molar-refractivity contribution in [1.29, 1.82) is 0 Å². The van der Waals surface area contributed by atoms with Gasteiger partial charge in [0.25, 0.3) is 5.91 Å². The summed E-state index contributed by atoms with van der Waals surface area (Å²) in [5, 5.41) is 2.34. The molecule has 1 aromatic heterocycles. The number of rotatable bonds is 7. The first-order chi connectivity index (χ1) is 12.6. The molecule has 0 fully saturated rings. The Labute approximate surface area is 149 Å². The molecule has 2 aromatic rings. The first-order valence-corrected chi connectivity index (χ1v) is 7.83. The fraction of sp³-hybridized carbons (Fsp3) is 0.235. The van der Waals surface area contributed by atoms with E-state index in [0.717, 1.165) is 0 Å². The second kappa shape index (κ2) is 9.72. The summed E-state index contributed by atoms with van der Waals surface area (Å²) < 4.78 is 15.6. The Hall–Kier alpha value is -3.49. The van der Waals surface area contributed by atoms with E-state index in [0.29, 0.717) is 23.9 Å². The highest BCUT2D eigenvalue weighted by Crippen LogP contribution is 2.17. The van der Waals surface area contributed by atoms with Crippen LogP contribution in [0.2, 0.25) is 0 Å². The third kappa shape index (κ3) is 6.19. The molecule has 0 spiro atoms. The second-order valence-corrected chi connectivity index (χ2v) is 4.96. The summed E-state index contributed by atoms with van der Waals surface area (Å²) >= 11 is 0. The molecule has 0 atom stereocenters. The largest absolute Gasteiger partial charge is 0.494 e. The molecule has 26 heavy (non-hydrogen) atoms. The van der Waals surface area contributed by atoms with Crippen LogP contribution in [0.25, 0.3) is 0 Å². The van der Waals surface area contributed by atoms with Crippen LogP contribution in [0.15, 0.2) is 47.1 Å². The van der Waals surface area contributed by atoms with Gasteiger partial charge < -0.3 is 19.2 Å². The van der Waals surface area contributed by atoms with Crippen molar-refractivity contribution in [2.45, 2.75) is 13.5 Å². The average Bonchev–Trinajstić information content (AvgIpc) is 3.17. The number of nitrogens with one attached hydrogen (secondary N) is 3. The topological polar surface area (TPSA) is 119 Å². The Kier molecular flexibility index (Phi) is 7.04. The molecule has 1 heterocycles. The van der Waals surface area contributed by atoms with E-state index < -0.39 is 17.7 Å². The smallest absolute Gasteiger partial charge is 0.327 e. The van der Waals surface area contributed by atoms with Gasteiger partial charge in [0.2, 0.25) is 0 Å². The van der Waals surface area contributed by atoms with Crippen LogP contribution in [-0.2, 0) is 20.9 Å². The van der Waals surface area contributed by atoms with Gasteiger partial charge >= 0.3 is 11.8 Å². The number of hydrogen-bond donors (Lipinski definition) is 3. The Bertz CT molecular complexity index is 727. The van der Waals surface area contributed by atoms with E-state index in [4.69, 9.17) is 13.9 Å². The van der Waals surface area contributed by atoms with Gasteiger partial charge in [0.05, 0.1) is 19.4 Å². The van der Waals surface area contributed by atoms with Crippen molar-refractivity contribution in [2.75, 3.05) is 13.2 Å². The molecule has 3 N–H and O–H groups in total. The van der Waals surface area contributed by atoms with Gasteiger partial charge in [-0.2, -0.15) is 0 Å². The summed E-state index contributed by atoms with van der Waals surface area (Å²) in [4.78, 5) is 34.7. The molecule has 138 valence electrons. The van der Waals surface area contributed by atoms with Gasteiger partial charge in [-0.1, -0.05) is 0 Å². The van der Waals surface area contributed by atoms with Gasteiger partial charge in [-0.25, -0.2) is 0 Å². The first-order valence-electron chi connectivity index (χ1n) is 7.83. The minimum atomic E-state index is -1.01. The van der Waals surface area contributed by atoms with Crippen LogP contribution in [0.4, 0.5) is 0 Å². The van der Waals surface area contributed by atoms with Crippen LogP contribution >= 0.6 is 0 Å². The zero-order valence-corrected chi connectivity index (χ0v) is 14.1. The van der Waals surface area contributed by atoms with E-state index in [1.54, 1.807) is 36.4 Å². The molecular weight excluding hydrogens is 342 g/mol. The summed E-state index contributed by atoms with van der Waals surface area (Å²) in [6.07, 6.45) is 1.45. The molecule has 2 rings (SSSR count). The molecule has 0 aliphatic carbocycles. The van der Waals surface area contributed by atoms with Crippen molar-refractivity contribution >= 4 is 17.7 Å². The van der Waals surface area contributed by atoms with Crippen molar-refractivity contribution in [1.82, 2.24) is 16.2 Å². The van der Waals surface area contributed by atoms with E-state index in [2.05, 4.69) is 10.7 Å². The van der Waals surface area contributed by atoms with E-state index in [1.807, 2.05) is 12.3 Å². The van der Waals surface area contributed by atoms with Gasteiger partial charge in [-0.3, -0.25) is 25.2 Å². The molecule has 0 unspecified atom stereocenters. The molecule has 0 saturated carbocycles. The number of benzene rings is 1. The van der Waals surface area contributed by atoms with Gasteiger partial charge in [-0.15, -0.1) is 0 Å². The number of hydrogen-bond acceptors (Lipinski definition) is 6. The molecule has 9 heteroatoms. The van der Waals surface area contributed by atoms with Crippen molar-refractivity contribution in [3.05, 3.63) is 48.4 Å². The Morgan fingerprint density at radius 2 is 1.65 bits per heavy atom. The SMILES string of the molecule is CCOc1ccc(OCC(=O)NNC(=O)C(=O)NCc2ccco2)cc1. The third-order valence-corrected chi connectivity index (χ3v) is 3.03. The van der Waals surface area contributed by atoms with E-state index in [-0.39, 0.29) is 13.2 Å². The van der Waals surface area contributed by atoms with Gasteiger partial charge in [0.15, 0.2) is 6.61 Å². The van der Waals surface area contributed by atoms with Gasteiger partial charge in [0, 0.05) is 0 Å². The summed E-state index contributed by atoms with van der Waals surface area (Å²) in [6.45, 7) is 2.16. The van der Waals surface area contributed by atoms with Crippen LogP contribution in [0.5, 0.6) is 11.5 Å². The number of hydrazine groups is 1. The van der Waals surface area contributed by atoms with Crippen LogP contribution in [0.3, 0.4) is 0 Å². The van der Waals surface area contributed by atoms with Crippen molar-refractivity contribution in [2.24, 2.45) is 0 Å². The molecule has 0 aliphatic rings. The Morgan fingerprint density at radius 1 is 0.962 bits per heavy atom. The minimum absolute atomic E-state index is 0.0635. The number of carbonyl (C=O) groups excluding carboxylic acids is 3. The van der Waals surface area contributed by atoms with Crippen molar-refractivity contribution in [3.63, 3.8) is 0 Å². The highest BCUT2D eigenvalue weighted by atomic mass is 16.5. The maximum absolute atomic E-state index is 11.6. The lowest BCUT2D eigenvalue weighted by molar-refractivity contribution is -0.141. The average molecular weight is 361 g/mol. The molecule has 0 bridgehead atoms. The number of ether oxygens (including phenoxy) is 2. The molecule has 9 nitrogen and oxygen atoms in total. The summed E-state index contributed by atoms with van der Waals surface area (Å²) in [7, 11) is 0. The Balaban J connectivity index is 1.65. The number of amides is 3. The highest BCUT2D eigenvalue weighted by molar-refractivity contribution is 6.35. The fourth-order valence-corrected chi connectivity index (χ4v) is 1.83. The number of carbonyl (C=O) groups is 3. The lowest BCUT2D eigenvalue weighted by Gasteiger charge is -2.09. The van der Waals surface area contributed by atoms with Crippen molar-refractivity contribution < 1.29 is 28.3 Å². The molecule has 0 aliphatic heterocycles. The number of furan rings is 1. The van der Waals surface area contributed by atoms with E-state index >= 15 is 0 Å². The standard InChI is InChI=1S/C17H19N3O6/c1-2-24-12-5-7-13(8-6-12)26-11-15(21)19-20-17(23)16(22)18-10-14-4-3-9-25-14/h3-9H,2,10-11H2,1H3,(H,18,22)(H,19,21)(H,20,23). The zero-order chi connectivity index (χ0) is 18.8. The summed E-state index contributed by atoms with van der Waals surface area (Å²) in [5.74, 6) is -0.881. The molecule has 1 aromatic carbocycles. The normalized spacial score (nSPS) is 9.88. The van der Waals surface area contributed by atoms with E-state index in [1.165, 1.54) is 6.26 Å². The van der Waals surface area contributed by atoms with Crippen LogP contribution in [0, 0.1) is 0 Å². The van der Waals surface area contributed by atoms with Crippen LogP contribution in [-0.4, -0.2) is 30.9 Å². The predicted octanol–water partition coefficient (Wildman–Crippen LogP) is 0.521. The second-order valence-electron chi connectivity index (χ2n) is 4.96. The predicted molar refractivity (Wildman–Crippen MR) is 89.9 cm³/mol. The molecular formula is C17H19N3O6. The van der Waals surface area contributed by atoms with Gasteiger partial charge in [0.1, 0.15) is 17.3 Å². The minimum Gasteiger partial charge on any atom is -0.494 e. The molecule has 3 amide bonds. The monoisotopic (exact) mass is 361 g/mol. The fourth-order valence-electron chi connectivity index (χ4n) is 1.83. The van der Waals surface area contributed by atoms with E-state index in [9.17, 15) is 14.4 Å². The van der Waals surface area contributed by atoms with Crippen LogP contribution < -0.4 is 25.6 Å². The Morgan fingerprint density at radius 3 is 2.27 bits per heavy atom. The van der Waals surface area contributed by atoms with Gasteiger partial charge in [-0.05, 0) is 43.3 Å². The maximum atomic E-state index is 11.6. The lowest BCUT2D eigenvalue weighted by Crippen LogP contribution is -2.49. The third-order valence-electron chi connectivity index (χ3n) is 3.03. The first kappa shape index (κ1) is 18.8. The molecule has 0 radical (unpaired) electrons. The molecule has 0 saturated heterocycles. The maximum Gasteiger partial charge on any atom is 0.327 e. The lowest BCUT2D eigenvalue weighted by atomic mass is 10.3. The quantitative estimate of drug-likeness (QED) is 0.489. The summed E-state index contributed by atoms with van der Waals surface area (Å²) in [5.41, 5.74) is 4.08. The summed E-state index contributed by atoms with van der Waals surface area (Å²) in [6, 6.07) is 10.0. The highest BCUT2D eigenvalue weighted by Gasteiger charge is 2.14. The van der Waals surface area contributed by atoms with Crippen molar-refractivity contribution in [3.8, 4) is 11.5 Å². The van der Waals surface area contributed by atoms with Crippen LogP contribution in [0.1, 0.15) is 12.7 Å².